The Morgan fingerprint density at radius 1 is 1.15 bits per heavy atom. The zero-order valence-electron chi connectivity index (χ0n) is 17.1. The maximum Gasteiger partial charge on any atom is 0.211 e. The second-order valence-electron chi connectivity index (χ2n) is 7.67. The van der Waals surface area contributed by atoms with Crippen molar-refractivity contribution in [2.24, 2.45) is 10.9 Å². The predicted octanol–water partition coefficient (Wildman–Crippen LogP) is 0.324. The summed E-state index contributed by atoms with van der Waals surface area (Å²) in [6.45, 7) is 6.26. The number of sulfonamides is 1. The van der Waals surface area contributed by atoms with Crippen LogP contribution in [0.5, 0.6) is 0 Å². The van der Waals surface area contributed by atoms with Crippen LogP contribution in [-0.2, 0) is 14.8 Å². The molecule has 0 saturated carbocycles. The first-order chi connectivity index (χ1) is 12.9. The van der Waals surface area contributed by atoms with Crippen molar-refractivity contribution in [2.45, 2.75) is 38.1 Å². The van der Waals surface area contributed by atoms with Gasteiger partial charge in [-0.25, -0.2) is 12.7 Å². The Morgan fingerprint density at radius 3 is 2.37 bits per heavy atom. The van der Waals surface area contributed by atoms with Gasteiger partial charge in [0.2, 0.25) is 10.0 Å². The third-order valence-electron chi connectivity index (χ3n) is 5.58. The highest BCUT2D eigenvalue weighted by molar-refractivity contribution is 7.88. The molecular weight excluding hydrogens is 366 g/mol. The fourth-order valence-corrected chi connectivity index (χ4v) is 4.68. The lowest BCUT2D eigenvalue weighted by atomic mass is 9.98. The molecule has 2 aliphatic rings. The number of methoxy groups -OCH3 is 1. The maximum absolute atomic E-state index is 11.6. The fourth-order valence-electron chi connectivity index (χ4n) is 3.81. The molecule has 0 bridgehead atoms. The Hall–Kier alpha value is -0.900. The number of aliphatic imine (C=N–C) groups is 1. The minimum Gasteiger partial charge on any atom is -0.385 e. The van der Waals surface area contributed by atoms with Gasteiger partial charge in [-0.3, -0.25) is 4.99 Å². The molecule has 0 aromatic heterocycles. The van der Waals surface area contributed by atoms with Gasteiger partial charge in [0.15, 0.2) is 5.96 Å². The summed E-state index contributed by atoms with van der Waals surface area (Å²) in [5.74, 6) is 1.35. The van der Waals surface area contributed by atoms with E-state index in [1.807, 2.05) is 7.05 Å². The number of ether oxygens (including phenoxy) is 1. The summed E-state index contributed by atoms with van der Waals surface area (Å²) in [5, 5.41) is 6.98. The molecule has 2 heterocycles. The van der Waals surface area contributed by atoms with Gasteiger partial charge in [0.05, 0.1) is 6.26 Å². The second-order valence-corrected chi connectivity index (χ2v) is 9.65. The summed E-state index contributed by atoms with van der Waals surface area (Å²) >= 11 is 0. The van der Waals surface area contributed by atoms with Crippen LogP contribution in [0.3, 0.4) is 0 Å². The largest absolute Gasteiger partial charge is 0.385 e. The summed E-state index contributed by atoms with van der Waals surface area (Å²) in [4.78, 5) is 6.86. The third-order valence-corrected chi connectivity index (χ3v) is 6.88. The summed E-state index contributed by atoms with van der Waals surface area (Å²) < 4.78 is 29.9. The van der Waals surface area contributed by atoms with Crippen LogP contribution in [0.1, 0.15) is 32.1 Å². The number of piperidine rings is 2. The summed E-state index contributed by atoms with van der Waals surface area (Å²) in [6, 6.07) is 0.460. The number of nitrogens with zero attached hydrogens (tertiary/aromatic N) is 3. The summed E-state index contributed by atoms with van der Waals surface area (Å²) in [7, 11) is 0.510. The van der Waals surface area contributed by atoms with Crippen LogP contribution in [0.15, 0.2) is 4.99 Å². The number of nitrogens with one attached hydrogen (secondary N) is 2. The van der Waals surface area contributed by atoms with Gasteiger partial charge in [0, 0.05) is 66.1 Å². The van der Waals surface area contributed by atoms with Crippen molar-refractivity contribution in [1.82, 2.24) is 19.8 Å². The fraction of sp³-hybridized carbons (Fsp3) is 0.944. The maximum atomic E-state index is 11.6. The normalized spacial score (nSPS) is 22.1. The summed E-state index contributed by atoms with van der Waals surface area (Å²) in [6.07, 6.45) is 6.44. The van der Waals surface area contributed by atoms with Crippen molar-refractivity contribution in [3.63, 3.8) is 0 Å². The number of rotatable bonds is 8. The van der Waals surface area contributed by atoms with Gasteiger partial charge in [-0.2, -0.15) is 0 Å². The van der Waals surface area contributed by atoms with Crippen molar-refractivity contribution in [1.29, 1.82) is 0 Å². The monoisotopic (exact) mass is 403 g/mol. The smallest absolute Gasteiger partial charge is 0.211 e. The SMILES string of the molecule is CN=C(NCC1CCN(S(C)(=O)=O)CC1)NC1CCN(CCCOC)CC1. The molecule has 8 nitrogen and oxygen atoms in total. The molecule has 0 aliphatic carbocycles. The molecule has 2 rings (SSSR count). The zero-order valence-corrected chi connectivity index (χ0v) is 17.9. The molecule has 2 saturated heterocycles. The molecule has 9 heteroatoms. The van der Waals surface area contributed by atoms with E-state index in [2.05, 4.69) is 20.5 Å². The van der Waals surface area contributed by atoms with E-state index in [0.29, 0.717) is 25.0 Å². The molecule has 27 heavy (non-hydrogen) atoms. The van der Waals surface area contributed by atoms with Gasteiger partial charge in [0.1, 0.15) is 0 Å². The molecule has 2 aliphatic heterocycles. The van der Waals surface area contributed by atoms with Gasteiger partial charge in [-0.15, -0.1) is 0 Å². The van der Waals surface area contributed by atoms with Crippen LogP contribution in [0.25, 0.3) is 0 Å². The highest BCUT2D eigenvalue weighted by atomic mass is 32.2. The quantitative estimate of drug-likeness (QED) is 0.345. The van der Waals surface area contributed by atoms with Gasteiger partial charge in [-0.1, -0.05) is 0 Å². The van der Waals surface area contributed by atoms with Crippen molar-refractivity contribution in [2.75, 3.05) is 66.3 Å². The van der Waals surface area contributed by atoms with E-state index < -0.39 is 10.0 Å². The van der Waals surface area contributed by atoms with E-state index in [1.54, 1.807) is 11.4 Å². The van der Waals surface area contributed by atoms with Gasteiger partial charge in [0.25, 0.3) is 0 Å². The molecule has 0 aromatic rings. The Kier molecular flexibility index (Phi) is 9.28. The van der Waals surface area contributed by atoms with E-state index in [9.17, 15) is 8.42 Å². The number of hydrogen-bond donors (Lipinski definition) is 2. The molecule has 0 atom stereocenters. The highest BCUT2D eigenvalue weighted by Gasteiger charge is 2.25. The van der Waals surface area contributed by atoms with Crippen molar-refractivity contribution < 1.29 is 13.2 Å². The minimum atomic E-state index is -3.05. The Balaban J connectivity index is 1.64. The first kappa shape index (κ1) is 22.4. The van der Waals surface area contributed by atoms with Gasteiger partial charge >= 0.3 is 0 Å². The van der Waals surface area contributed by atoms with E-state index in [0.717, 1.165) is 70.8 Å². The molecule has 0 aromatic carbocycles. The second kappa shape index (κ2) is 11.2. The Morgan fingerprint density at radius 2 is 1.81 bits per heavy atom. The zero-order chi connectivity index (χ0) is 19.7. The van der Waals surface area contributed by atoms with Crippen LogP contribution >= 0.6 is 0 Å². The van der Waals surface area contributed by atoms with Crippen LogP contribution < -0.4 is 10.6 Å². The lowest BCUT2D eigenvalue weighted by molar-refractivity contribution is 0.155. The standard InChI is InChI=1S/C18H37N5O3S/c1-19-18(20-15-16-5-12-23(13-6-16)27(3,24)25)21-17-7-10-22(11-8-17)9-4-14-26-2/h16-17H,4-15H2,1-3H3,(H2,19,20,21). The number of guanidine groups is 1. The van der Waals surface area contributed by atoms with Crippen molar-refractivity contribution >= 4 is 16.0 Å². The predicted molar refractivity (Wildman–Crippen MR) is 110 cm³/mol. The van der Waals surface area contributed by atoms with Crippen LogP contribution in [0, 0.1) is 5.92 Å². The third kappa shape index (κ3) is 7.93. The minimum absolute atomic E-state index is 0.460. The molecule has 0 unspecified atom stereocenters. The van der Waals surface area contributed by atoms with Crippen LogP contribution in [0.4, 0.5) is 0 Å². The van der Waals surface area contributed by atoms with E-state index >= 15 is 0 Å². The molecule has 0 radical (unpaired) electrons. The molecule has 2 N–H and O–H groups in total. The topological polar surface area (TPSA) is 86.3 Å². The van der Waals surface area contributed by atoms with E-state index in [-0.39, 0.29) is 0 Å². The van der Waals surface area contributed by atoms with Gasteiger partial charge in [-0.05, 0) is 38.0 Å². The lowest BCUT2D eigenvalue weighted by Crippen LogP contribution is -2.50. The average molecular weight is 404 g/mol. The number of hydrogen-bond acceptors (Lipinski definition) is 5. The molecule has 2 fully saturated rings. The van der Waals surface area contributed by atoms with Crippen LogP contribution in [0.2, 0.25) is 0 Å². The van der Waals surface area contributed by atoms with Crippen molar-refractivity contribution in [3.8, 4) is 0 Å². The molecular formula is C18H37N5O3S. The molecule has 0 spiro atoms. The average Bonchev–Trinajstić information content (AvgIpc) is 2.66. The first-order valence-electron chi connectivity index (χ1n) is 10.1. The molecule has 158 valence electrons. The molecule has 0 amide bonds. The van der Waals surface area contributed by atoms with Crippen LogP contribution in [-0.4, -0.2) is 95.9 Å². The van der Waals surface area contributed by atoms with E-state index in [1.165, 1.54) is 6.26 Å². The highest BCUT2D eigenvalue weighted by Crippen LogP contribution is 2.18. The first-order valence-corrected chi connectivity index (χ1v) is 11.9. The number of likely N-dealkylation sites (tertiary alicyclic amines) is 1. The summed E-state index contributed by atoms with van der Waals surface area (Å²) in [5.41, 5.74) is 0. The lowest BCUT2D eigenvalue weighted by Gasteiger charge is -2.34. The Bertz CT molecular complexity index is 553. The Labute approximate surface area is 164 Å². The van der Waals surface area contributed by atoms with E-state index in [4.69, 9.17) is 4.74 Å². The van der Waals surface area contributed by atoms with Gasteiger partial charge < -0.3 is 20.3 Å². The van der Waals surface area contributed by atoms with Crippen molar-refractivity contribution in [3.05, 3.63) is 0 Å².